The Hall–Kier alpha value is -2.68. The van der Waals surface area contributed by atoms with E-state index in [9.17, 15) is 9.18 Å². The predicted molar refractivity (Wildman–Crippen MR) is 76.3 cm³/mol. The maximum absolute atomic E-state index is 12.9. The Kier molecular flexibility index (Phi) is 2.95. The van der Waals surface area contributed by atoms with Crippen molar-refractivity contribution in [3.8, 4) is 11.1 Å². The number of hydrogen-bond acceptors (Lipinski definition) is 1. The largest absolute Gasteiger partial charge is 0.478 e. The summed E-state index contributed by atoms with van der Waals surface area (Å²) >= 11 is 0. The molecule has 3 aromatic carbocycles. The Labute approximate surface area is 115 Å². The molecule has 0 unspecified atom stereocenters. The van der Waals surface area contributed by atoms with Crippen molar-refractivity contribution < 1.29 is 14.3 Å². The molecule has 1 N–H and O–H groups in total. The van der Waals surface area contributed by atoms with Gasteiger partial charge in [-0.2, -0.15) is 0 Å². The summed E-state index contributed by atoms with van der Waals surface area (Å²) in [7, 11) is 0. The van der Waals surface area contributed by atoms with Crippen molar-refractivity contribution in [2.45, 2.75) is 0 Å². The molecule has 0 aromatic heterocycles. The molecule has 0 saturated carbocycles. The number of halogens is 1. The first-order valence-corrected chi connectivity index (χ1v) is 6.16. The van der Waals surface area contributed by atoms with E-state index in [0.29, 0.717) is 0 Å². The van der Waals surface area contributed by atoms with Gasteiger partial charge in [0, 0.05) is 0 Å². The number of benzene rings is 3. The van der Waals surface area contributed by atoms with Crippen molar-refractivity contribution in [1.82, 2.24) is 0 Å². The zero-order chi connectivity index (χ0) is 14.1. The van der Waals surface area contributed by atoms with Crippen LogP contribution in [0.3, 0.4) is 0 Å². The van der Waals surface area contributed by atoms with Gasteiger partial charge >= 0.3 is 5.97 Å². The fourth-order valence-corrected chi connectivity index (χ4v) is 2.20. The maximum Gasteiger partial charge on any atom is 0.335 e. The van der Waals surface area contributed by atoms with Gasteiger partial charge in [-0.25, -0.2) is 9.18 Å². The van der Waals surface area contributed by atoms with Crippen molar-refractivity contribution in [3.63, 3.8) is 0 Å². The first-order chi connectivity index (χ1) is 9.63. The van der Waals surface area contributed by atoms with Gasteiger partial charge in [0.05, 0.1) is 5.56 Å². The van der Waals surface area contributed by atoms with Crippen molar-refractivity contribution in [2.75, 3.05) is 0 Å². The number of carboxylic acids is 1. The smallest absolute Gasteiger partial charge is 0.335 e. The molecule has 3 heteroatoms. The summed E-state index contributed by atoms with van der Waals surface area (Å²) < 4.78 is 12.9. The Morgan fingerprint density at radius 1 is 0.800 bits per heavy atom. The minimum Gasteiger partial charge on any atom is -0.478 e. The molecule has 0 aliphatic rings. The average Bonchev–Trinajstić information content (AvgIpc) is 2.47. The van der Waals surface area contributed by atoms with E-state index >= 15 is 0 Å². The Bertz CT molecular complexity index is 792. The summed E-state index contributed by atoms with van der Waals surface area (Å²) in [5.74, 6) is -1.20. The molecule has 3 aromatic rings. The summed E-state index contributed by atoms with van der Waals surface area (Å²) in [4.78, 5) is 10.9. The van der Waals surface area contributed by atoms with Crippen LogP contribution >= 0.6 is 0 Å². The lowest BCUT2D eigenvalue weighted by molar-refractivity contribution is 0.0697. The van der Waals surface area contributed by atoms with Gasteiger partial charge in [-0.1, -0.05) is 30.3 Å². The van der Waals surface area contributed by atoms with Gasteiger partial charge in [-0.3, -0.25) is 0 Å². The maximum atomic E-state index is 12.9. The molecule has 0 fully saturated rings. The van der Waals surface area contributed by atoms with Crippen LogP contribution in [0, 0.1) is 5.82 Å². The van der Waals surface area contributed by atoms with E-state index in [4.69, 9.17) is 5.11 Å². The molecule has 0 aliphatic heterocycles. The minimum absolute atomic E-state index is 0.263. The fraction of sp³-hybridized carbons (Fsp3) is 0. The monoisotopic (exact) mass is 266 g/mol. The van der Waals surface area contributed by atoms with Crippen LogP contribution in [-0.4, -0.2) is 11.1 Å². The van der Waals surface area contributed by atoms with Crippen LogP contribution in [0.15, 0.2) is 60.7 Å². The van der Waals surface area contributed by atoms with Crippen LogP contribution in [0.2, 0.25) is 0 Å². The molecule has 0 spiro atoms. The minimum atomic E-state index is -0.936. The first kappa shape index (κ1) is 12.4. The van der Waals surface area contributed by atoms with Gasteiger partial charge < -0.3 is 5.11 Å². The van der Waals surface area contributed by atoms with Crippen LogP contribution in [-0.2, 0) is 0 Å². The normalized spacial score (nSPS) is 10.7. The first-order valence-electron chi connectivity index (χ1n) is 6.16. The van der Waals surface area contributed by atoms with Gasteiger partial charge in [0.2, 0.25) is 0 Å². The molecule has 98 valence electrons. The second-order valence-corrected chi connectivity index (χ2v) is 4.59. The molecule has 0 atom stereocenters. The topological polar surface area (TPSA) is 37.3 Å². The zero-order valence-corrected chi connectivity index (χ0v) is 10.5. The molecule has 0 radical (unpaired) electrons. The van der Waals surface area contributed by atoms with Crippen molar-refractivity contribution in [3.05, 3.63) is 72.0 Å². The number of carbonyl (C=O) groups is 1. The third-order valence-corrected chi connectivity index (χ3v) is 3.26. The Morgan fingerprint density at radius 2 is 1.40 bits per heavy atom. The van der Waals surface area contributed by atoms with Crippen LogP contribution in [0.25, 0.3) is 21.9 Å². The highest BCUT2D eigenvalue weighted by Gasteiger charge is 2.05. The van der Waals surface area contributed by atoms with Crippen LogP contribution in [0.5, 0.6) is 0 Å². The van der Waals surface area contributed by atoms with Gasteiger partial charge in [-0.05, 0) is 52.2 Å². The van der Waals surface area contributed by atoms with Crippen LogP contribution < -0.4 is 0 Å². The Morgan fingerprint density at radius 3 is 2.10 bits per heavy atom. The highest BCUT2D eigenvalue weighted by Crippen LogP contribution is 2.25. The molecular weight excluding hydrogens is 255 g/mol. The van der Waals surface area contributed by atoms with Crippen molar-refractivity contribution >= 4 is 16.7 Å². The summed E-state index contributed by atoms with van der Waals surface area (Å²) in [5, 5.41) is 10.8. The molecule has 2 nitrogen and oxygen atoms in total. The van der Waals surface area contributed by atoms with Crippen LogP contribution in [0.4, 0.5) is 4.39 Å². The number of aromatic carboxylic acids is 1. The third-order valence-electron chi connectivity index (χ3n) is 3.26. The van der Waals surface area contributed by atoms with Gasteiger partial charge in [0.15, 0.2) is 0 Å². The van der Waals surface area contributed by atoms with E-state index in [1.807, 2.05) is 18.2 Å². The molecular formula is C17H11FO2. The molecule has 0 saturated heterocycles. The van der Waals surface area contributed by atoms with Crippen LogP contribution in [0.1, 0.15) is 10.4 Å². The van der Waals surface area contributed by atoms with E-state index in [1.165, 1.54) is 12.1 Å². The average molecular weight is 266 g/mol. The summed E-state index contributed by atoms with van der Waals surface area (Å²) in [6.45, 7) is 0. The van der Waals surface area contributed by atoms with E-state index < -0.39 is 5.97 Å². The SMILES string of the molecule is O=C(O)c1ccc2cc(-c3ccc(F)cc3)ccc2c1. The summed E-state index contributed by atoms with van der Waals surface area (Å²) in [5.41, 5.74) is 2.17. The highest BCUT2D eigenvalue weighted by atomic mass is 19.1. The standard InChI is InChI=1S/C17H11FO2/c18-16-7-5-11(6-8-16)12-1-2-14-10-15(17(19)20)4-3-13(14)9-12/h1-10H,(H,19,20). The highest BCUT2D eigenvalue weighted by molar-refractivity contribution is 5.95. The van der Waals surface area contributed by atoms with E-state index in [-0.39, 0.29) is 11.4 Å². The van der Waals surface area contributed by atoms with Gasteiger partial charge in [0.1, 0.15) is 5.82 Å². The predicted octanol–water partition coefficient (Wildman–Crippen LogP) is 4.34. The molecule has 20 heavy (non-hydrogen) atoms. The fourth-order valence-electron chi connectivity index (χ4n) is 2.20. The summed E-state index contributed by atoms with van der Waals surface area (Å²) in [6.07, 6.45) is 0. The van der Waals surface area contributed by atoms with Crippen molar-refractivity contribution in [2.24, 2.45) is 0 Å². The molecule has 0 amide bonds. The molecule has 0 aliphatic carbocycles. The Balaban J connectivity index is 2.09. The second-order valence-electron chi connectivity index (χ2n) is 4.59. The van der Waals surface area contributed by atoms with Gasteiger partial charge in [0.25, 0.3) is 0 Å². The lowest BCUT2D eigenvalue weighted by Crippen LogP contribution is -1.95. The molecule has 3 rings (SSSR count). The third kappa shape index (κ3) is 2.26. The number of fused-ring (bicyclic) bond motifs is 1. The quantitative estimate of drug-likeness (QED) is 0.749. The number of hydrogen-bond donors (Lipinski definition) is 1. The molecule has 0 heterocycles. The van der Waals surface area contributed by atoms with Crippen molar-refractivity contribution in [1.29, 1.82) is 0 Å². The lowest BCUT2D eigenvalue weighted by atomic mass is 10.00. The molecule has 0 bridgehead atoms. The second kappa shape index (κ2) is 4.78. The van der Waals surface area contributed by atoms with E-state index in [2.05, 4.69) is 0 Å². The zero-order valence-electron chi connectivity index (χ0n) is 10.5. The van der Waals surface area contributed by atoms with E-state index in [1.54, 1.807) is 30.3 Å². The van der Waals surface area contributed by atoms with E-state index in [0.717, 1.165) is 21.9 Å². The summed E-state index contributed by atoms with van der Waals surface area (Å²) in [6, 6.07) is 17.1. The lowest BCUT2D eigenvalue weighted by Gasteiger charge is -2.05. The number of carboxylic acid groups (broad SMARTS) is 1. The number of rotatable bonds is 2. The van der Waals surface area contributed by atoms with Gasteiger partial charge in [-0.15, -0.1) is 0 Å².